The molecule has 142 valence electrons. The van der Waals surface area contributed by atoms with Gasteiger partial charge in [0.1, 0.15) is 5.76 Å². The molecule has 0 aliphatic rings. The predicted molar refractivity (Wildman–Crippen MR) is 101 cm³/mol. The Kier molecular flexibility index (Phi) is 5.30. The van der Waals surface area contributed by atoms with Gasteiger partial charge in [0.15, 0.2) is 11.5 Å². The van der Waals surface area contributed by atoms with E-state index in [0.29, 0.717) is 24.6 Å². The minimum atomic E-state index is 0.258. The normalized spacial score (nSPS) is 10.8. The van der Waals surface area contributed by atoms with E-state index in [1.165, 1.54) is 4.68 Å². The minimum Gasteiger partial charge on any atom is -0.493 e. The second kappa shape index (κ2) is 8.36. The van der Waals surface area contributed by atoms with Gasteiger partial charge in [-0.3, -0.25) is 0 Å². The van der Waals surface area contributed by atoms with Crippen LogP contribution >= 0.6 is 0 Å². The van der Waals surface area contributed by atoms with E-state index in [9.17, 15) is 0 Å². The number of methoxy groups -OCH3 is 1. The lowest BCUT2D eigenvalue weighted by molar-refractivity contribution is 0.362. The van der Waals surface area contributed by atoms with Crippen LogP contribution in [0.4, 0.5) is 0 Å². The zero-order valence-corrected chi connectivity index (χ0v) is 15.3. The first-order valence-electron chi connectivity index (χ1n) is 8.75. The van der Waals surface area contributed by atoms with Crippen LogP contribution in [0.2, 0.25) is 0 Å². The van der Waals surface area contributed by atoms with E-state index in [0.717, 1.165) is 17.0 Å². The van der Waals surface area contributed by atoms with Gasteiger partial charge in [-0.1, -0.05) is 29.4 Å². The summed E-state index contributed by atoms with van der Waals surface area (Å²) in [5.74, 6) is 2.02. The van der Waals surface area contributed by atoms with E-state index in [1.54, 1.807) is 13.4 Å². The van der Waals surface area contributed by atoms with E-state index >= 15 is 0 Å². The van der Waals surface area contributed by atoms with Gasteiger partial charge < -0.3 is 19.2 Å². The molecule has 0 amide bonds. The zero-order chi connectivity index (χ0) is 19.2. The number of nitrogens with zero attached hydrogens (tertiary/aromatic N) is 4. The largest absolute Gasteiger partial charge is 0.493 e. The second-order valence-electron chi connectivity index (χ2n) is 5.98. The van der Waals surface area contributed by atoms with Crippen LogP contribution in [0.5, 0.6) is 17.5 Å². The Morgan fingerprint density at radius 3 is 2.68 bits per heavy atom. The molecule has 28 heavy (non-hydrogen) atoms. The molecule has 0 radical (unpaired) electrons. The number of hydrogen-bond donors (Lipinski definition) is 1. The predicted octanol–water partition coefficient (Wildman–Crippen LogP) is 3.35. The highest BCUT2D eigenvalue weighted by atomic mass is 16.5. The van der Waals surface area contributed by atoms with Gasteiger partial charge in [-0.15, -0.1) is 0 Å². The zero-order valence-electron chi connectivity index (χ0n) is 15.3. The summed E-state index contributed by atoms with van der Waals surface area (Å²) in [6.45, 7) is 1.32. The minimum absolute atomic E-state index is 0.258. The van der Waals surface area contributed by atoms with E-state index in [2.05, 4.69) is 20.8 Å². The molecule has 4 aromatic rings. The first kappa shape index (κ1) is 17.7. The molecule has 0 aliphatic heterocycles. The molecule has 4 rings (SSSR count). The summed E-state index contributed by atoms with van der Waals surface area (Å²) in [5, 5.41) is 15.0. The summed E-state index contributed by atoms with van der Waals surface area (Å²) in [5.41, 5.74) is 1.86. The Morgan fingerprint density at radius 2 is 1.89 bits per heavy atom. The number of nitrogens with one attached hydrogen (secondary N) is 1. The molecule has 0 unspecified atom stereocenters. The third-order valence-corrected chi connectivity index (χ3v) is 4.08. The number of hydrogen-bond acceptors (Lipinski definition) is 7. The van der Waals surface area contributed by atoms with E-state index < -0.39 is 0 Å². The van der Waals surface area contributed by atoms with Crippen molar-refractivity contribution in [2.45, 2.75) is 13.1 Å². The molecule has 0 saturated heterocycles. The van der Waals surface area contributed by atoms with Crippen LogP contribution in [0.3, 0.4) is 0 Å². The molecular formula is C20H19N5O3. The molecule has 1 N–H and O–H groups in total. The highest BCUT2D eigenvalue weighted by Crippen LogP contribution is 2.32. The molecule has 0 saturated carbocycles. The summed E-state index contributed by atoms with van der Waals surface area (Å²) in [6.07, 6.45) is 1.66. The maximum absolute atomic E-state index is 5.91. The van der Waals surface area contributed by atoms with Gasteiger partial charge >= 0.3 is 6.01 Å². The number of aromatic nitrogens is 4. The summed E-state index contributed by atoms with van der Waals surface area (Å²) in [6, 6.07) is 19.3. The van der Waals surface area contributed by atoms with Crippen molar-refractivity contribution < 1.29 is 13.9 Å². The van der Waals surface area contributed by atoms with Gasteiger partial charge in [0.25, 0.3) is 0 Å². The first-order chi connectivity index (χ1) is 13.8. The summed E-state index contributed by atoms with van der Waals surface area (Å²) < 4.78 is 18.2. The maximum atomic E-state index is 5.91. The smallest absolute Gasteiger partial charge is 0.346 e. The van der Waals surface area contributed by atoms with E-state index in [-0.39, 0.29) is 6.01 Å². The molecule has 0 aliphatic carbocycles. The Morgan fingerprint density at radius 1 is 1.00 bits per heavy atom. The van der Waals surface area contributed by atoms with Gasteiger partial charge in [0, 0.05) is 6.54 Å². The molecule has 0 fully saturated rings. The lowest BCUT2D eigenvalue weighted by Gasteiger charge is -2.12. The lowest BCUT2D eigenvalue weighted by atomic mass is 10.2. The fourth-order valence-electron chi connectivity index (χ4n) is 2.72. The number of tetrazole rings is 1. The molecular weight excluding hydrogens is 358 g/mol. The molecule has 2 aromatic heterocycles. The third-order valence-electron chi connectivity index (χ3n) is 4.08. The van der Waals surface area contributed by atoms with Crippen molar-refractivity contribution >= 4 is 0 Å². The molecule has 0 spiro atoms. The van der Waals surface area contributed by atoms with Crippen molar-refractivity contribution in [2.75, 3.05) is 7.11 Å². The molecule has 8 nitrogen and oxygen atoms in total. The third kappa shape index (κ3) is 4.02. The molecule has 2 heterocycles. The number of benzene rings is 2. The summed E-state index contributed by atoms with van der Waals surface area (Å²) in [4.78, 5) is 0. The topological polar surface area (TPSA) is 87.2 Å². The first-order valence-corrected chi connectivity index (χ1v) is 8.75. The molecule has 0 bridgehead atoms. The Labute approximate surface area is 161 Å². The number of ether oxygens (including phenoxy) is 2. The maximum Gasteiger partial charge on any atom is 0.346 e. The molecule has 0 atom stereocenters. The van der Waals surface area contributed by atoms with Gasteiger partial charge in [-0.2, -0.15) is 4.68 Å². The van der Waals surface area contributed by atoms with Crippen molar-refractivity contribution in [3.8, 4) is 23.2 Å². The van der Waals surface area contributed by atoms with E-state index in [1.807, 2.05) is 60.7 Å². The monoisotopic (exact) mass is 377 g/mol. The molecule has 8 heteroatoms. The van der Waals surface area contributed by atoms with Crippen LogP contribution in [0.15, 0.2) is 71.3 Å². The number of furan rings is 1. The van der Waals surface area contributed by atoms with Crippen LogP contribution in [0, 0.1) is 0 Å². The number of rotatable bonds is 8. The van der Waals surface area contributed by atoms with Crippen molar-refractivity contribution in [1.82, 2.24) is 25.5 Å². The second-order valence-corrected chi connectivity index (χ2v) is 5.98. The van der Waals surface area contributed by atoms with Crippen LogP contribution in [0.1, 0.15) is 11.3 Å². The van der Waals surface area contributed by atoms with Crippen LogP contribution < -0.4 is 14.8 Å². The average Bonchev–Trinajstić information content (AvgIpc) is 3.42. The van der Waals surface area contributed by atoms with Crippen LogP contribution in [-0.4, -0.2) is 27.3 Å². The van der Waals surface area contributed by atoms with Gasteiger partial charge in [-0.25, -0.2) is 0 Å². The Bertz CT molecular complexity index is 1020. The Balaban J connectivity index is 1.47. The fourth-order valence-corrected chi connectivity index (χ4v) is 2.72. The standard InChI is InChI=1S/C20H19N5O3/c1-26-19-12-15(13-21-14-17-8-5-11-27-17)9-10-18(19)28-20-22-23-24-25(20)16-6-3-2-4-7-16/h2-12,21H,13-14H2,1H3. The highest BCUT2D eigenvalue weighted by Gasteiger charge is 2.14. The summed E-state index contributed by atoms with van der Waals surface area (Å²) >= 11 is 0. The van der Waals surface area contributed by atoms with Crippen molar-refractivity contribution in [1.29, 1.82) is 0 Å². The quantitative estimate of drug-likeness (QED) is 0.504. The van der Waals surface area contributed by atoms with Gasteiger partial charge in [-0.05, 0) is 52.4 Å². The van der Waals surface area contributed by atoms with Crippen molar-refractivity contribution in [3.05, 3.63) is 78.3 Å². The van der Waals surface area contributed by atoms with Crippen LogP contribution in [0.25, 0.3) is 5.69 Å². The van der Waals surface area contributed by atoms with Gasteiger partial charge in [0.05, 0.1) is 25.6 Å². The fraction of sp³-hybridized carbons (Fsp3) is 0.150. The molecule has 2 aromatic carbocycles. The lowest BCUT2D eigenvalue weighted by Crippen LogP contribution is -2.12. The van der Waals surface area contributed by atoms with Crippen molar-refractivity contribution in [3.63, 3.8) is 0 Å². The Hall–Kier alpha value is -3.65. The van der Waals surface area contributed by atoms with E-state index in [4.69, 9.17) is 13.9 Å². The van der Waals surface area contributed by atoms with Gasteiger partial charge in [0.2, 0.25) is 0 Å². The highest BCUT2D eigenvalue weighted by molar-refractivity contribution is 5.44. The average molecular weight is 377 g/mol. The number of para-hydroxylation sites is 1. The van der Waals surface area contributed by atoms with Crippen molar-refractivity contribution in [2.24, 2.45) is 0 Å². The van der Waals surface area contributed by atoms with Crippen LogP contribution in [-0.2, 0) is 13.1 Å². The SMILES string of the molecule is COc1cc(CNCc2ccco2)ccc1Oc1nnnn1-c1ccccc1. The summed E-state index contributed by atoms with van der Waals surface area (Å²) in [7, 11) is 1.60.